The Morgan fingerprint density at radius 3 is 2.63 bits per heavy atom. The zero-order chi connectivity index (χ0) is 20.3. The Morgan fingerprint density at radius 2 is 1.80 bits per heavy atom. The molecule has 2 saturated heterocycles. The van der Waals surface area contributed by atoms with Crippen molar-refractivity contribution in [1.82, 2.24) is 29.2 Å². The van der Waals surface area contributed by atoms with E-state index in [0.29, 0.717) is 5.69 Å². The Balaban J connectivity index is 1.34. The summed E-state index contributed by atoms with van der Waals surface area (Å²) in [5.41, 5.74) is 1.66. The maximum atomic E-state index is 13.2. The van der Waals surface area contributed by atoms with Crippen molar-refractivity contribution in [2.24, 2.45) is 0 Å². The molecule has 8 nitrogen and oxygen atoms in total. The van der Waals surface area contributed by atoms with Crippen LogP contribution in [0.25, 0.3) is 4.96 Å². The molecule has 3 aromatic heterocycles. The average molecular weight is 426 g/mol. The van der Waals surface area contributed by atoms with Gasteiger partial charge in [-0.05, 0) is 31.7 Å². The Labute approximate surface area is 180 Å². The van der Waals surface area contributed by atoms with Crippen molar-refractivity contribution < 1.29 is 4.79 Å². The highest BCUT2D eigenvalue weighted by molar-refractivity contribution is 7.15. The van der Waals surface area contributed by atoms with Crippen molar-refractivity contribution >= 4 is 28.2 Å². The largest absolute Gasteiger partial charge is 0.339 e. The minimum atomic E-state index is 0.0923. The molecule has 5 heterocycles. The Kier molecular flexibility index (Phi) is 5.63. The first-order chi connectivity index (χ1) is 14.8. The number of rotatable bonds is 4. The summed E-state index contributed by atoms with van der Waals surface area (Å²) in [4.78, 5) is 34.3. The van der Waals surface area contributed by atoms with E-state index in [-0.39, 0.29) is 5.91 Å². The number of nitrogens with zero attached hydrogens (tertiary/aromatic N) is 7. The summed E-state index contributed by atoms with van der Waals surface area (Å²) in [6.45, 7) is 6.14. The smallest absolute Gasteiger partial charge is 0.274 e. The van der Waals surface area contributed by atoms with E-state index in [9.17, 15) is 4.79 Å². The van der Waals surface area contributed by atoms with Gasteiger partial charge >= 0.3 is 0 Å². The molecule has 0 aliphatic carbocycles. The summed E-state index contributed by atoms with van der Waals surface area (Å²) in [5.74, 6) is 0.889. The van der Waals surface area contributed by atoms with Crippen LogP contribution in [0.15, 0.2) is 30.0 Å². The fourth-order valence-corrected chi connectivity index (χ4v) is 5.13. The first-order valence-electron chi connectivity index (χ1n) is 10.8. The fraction of sp³-hybridized carbons (Fsp3) is 0.524. The predicted molar refractivity (Wildman–Crippen MR) is 117 cm³/mol. The number of anilines is 1. The summed E-state index contributed by atoms with van der Waals surface area (Å²) in [5, 5.41) is 2.04. The lowest BCUT2D eigenvalue weighted by Crippen LogP contribution is -2.37. The molecule has 0 bridgehead atoms. The molecule has 2 aliphatic heterocycles. The minimum Gasteiger partial charge on any atom is -0.339 e. The van der Waals surface area contributed by atoms with E-state index in [4.69, 9.17) is 4.98 Å². The van der Waals surface area contributed by atoms with Crippen LogP contribution >= 0.6 is 11.3 Å². The van der Waals surface area contributed by atoms with Gasteiger partial charge in [-0.2, -0.15) is 0 Å². The zero-order valence-corrected chi connectivity index (χ0v) is 17.9. The van der Waals surface area contributed by atoms with Gasteiger partial charge in [0.25, 0.3) is 5.91 Å². The number of likely N-dealkylation sites (tertiary alicyclic amines) is 1. The van der Waals surface area contributed by atoms with E-state index in [1.165, 1.54) is 6.42 Å². The van der Waals surface area contributed by atoms with Gasteiger partial charge in [-0.1, -0.05) is 0 Å². The predicted octanol–water partition coefficient (Wildman–Crippen LogP) is 2.52. The lowest BCUT2D eigenvalue weighted by molar-refractivity contribution is 0.0716. The molecule has 3 aromatic rings. The van der Waals surface area contributed by atoms with Gasteiger partial charge in [0.1, 0.15) is 0 Å². The van der Waals surface area contributed by atoms with Crippen LogP contribution in [0.5, 0.6) is 0 Å². The molecule has 0 unspecified atom stereocenters. The highest BCUT2D eigenvalue weighted by atomic mass is 32.1. The van der Waals surface area contributed by atoms with Crippen molar-refractivity contribution in [3.05, 3.63) is 41.4 Å². The van der Waals surface area contributed by atoms with Crippen LogP contribution in [0.1, 0.15) is 41.9 Å². The second-order valence-corrected chi connectivity index (χ2v) is 8.85. The maximum absolute atomic E-state index is 13.2. The number of piperidine rings is 1. The van der Waals surface area contributed by atoms with E-state index in [1.54, 1.807) is 23.7 Å². The minimum absolute atomic E-state index is 0.0923. The number of imidazole rings is 1. The summed E-state index contributed by atoms with van der Waals surface area (Å²) >= 11 is 1.59. The molecule has 9 heteroatoms. The number of hydrogen-bond acceptors (Lipinski definition) is 7. The molecular weight excluding hydrogens is 398 g/mol. The first-order valence-corrected chi connectivity index (χ1v) is 11.7. The second-order valence-electron chi connectivity index (χ2n) is 7.98. The fourth-order valence-electron chi connectivity index (χ4n) is 4.40. The highest BCUT2D eigenvalue weighted by Crippen LogP contribution is 2.23. The normalized spacial score (nSPS) is 18.7. The number of hydrogen-bond donors (Lipinski definition) is 0. The Morgan fingerprint density at radius 1 is 0.967 bits per heavy atom. The number of fused-ring (bicyclic) bond motifs is 1. The van der Waals surface area contributed by atoms with Crippen molar-refractivity contribution in [3.63, 3.8) is 0 Å². The van der Waals surface area contributed by atoms with Crippen LogP contribution in [-0.2, 0) is 6.54 Å². The molecule has 30 heavy (non-hydrogen) atoms. The monoisotopic (exact) mass is 425 g/mol. The van der Waals surface area contributed by atoms with Crippen LogP contribution in [0, 0.1) is 0 Å². The quantitative estimate of drug-likeness (QED) is 0.640. The van der Waals surface area contributed by atoms with Crippen LogP contribution in [0.2, 0.25) is 0 Å². The molecule has 0 radical (unpaired) electrons. The molecule has 2 aliphatic rings. The highest BCUT2D eigenvalue weighted by Gasteiger charge is 2.27. The van der Waals surface area contributed by atoms with E-state index >= 15 is 0 Å². The lowest BCUT2D eigenvalue weighted by atomic mass is 10.1. The van der Waals surface area contributed by atoms with Crippen LogP contribution < -0.4 is 4.90 Å². The summed E-state index contributed by atoms with van der Waals surface area (Å²) in [6.07, 6.45) is 10.1. The molecule has 0 saturated carbocycles. The van der Waals surface area contributed by atoms with Gasteiger partial charge in [0, 0.05) is 69.8 Å². The van der Waals surface area contributed by atoms with Crippen molar-refractivity contribution in [2.45, 2.75) is 32.2 Å². The molecule has 1 amide bonds. The zero-order valence-electron chi connectivity index (χ0n) is 17.1. The van der Waals surface area contributed by atoms with Crippen LogP contribution in [0.4, 0.5) is 5.95 Å². The number of carbonyl (C=O) groups excluding carboxylic acids is 1. The maximum Gasteiger partial charge on any atom is 0.274 e. The van der Waals surface area contributed by atoms with Crippen LogP contribution in [-0.4, -0.2) is 74.3 Å². The van der Waals surface area contributed by atoms with Gasteiger partial charge in [-0.15, -0.1) is 11.3 Å². The van der Waals surface area contributed by atoms with E-state index in [0.717, 1.165) is 81.7 Å². The Hall–Kier alpha value is -2.52. The third kappa shape index (κ3) is 3.91. The van der Waals surface area contributed by atoms with Gasteiger partial charge in [0.2, 0.25) is 5.95 Å². The SMILES string of the molecule is O=C(c1nc2sccn2c1CN1CCCN(c2ncccn2)CC1)N1CCCCC1. The third-order valence-corrected chi connectivity index (χ3v) is 6.76. The van der Waals surface area contributed by atoms with Crippen LogP contribution in [0.3, 0.4) is 0 Å². The van der Waals surface area contributed by atoms with Gasteiger partial charge in [-0.25, -0.2) is 15.0 Å². The lowest BCUT2D eigenvalue weighted by Gasteiger charge is -2.27. The average Bonchev–Trinajstić information content (AvgIpc) is 3.30. The number of thiazole rings is 1. The van der Waals surface area contributed by atoms with Crippen molar-refractivity contribution in [1.29, 1.82) is 0 Å². The number of amides is 1. The molecule has 2 fully saturated rings. The second kappa shape index (κ2) is 8.69. The summed E-state index contributed by atoms with van der Waals surface area (Å²) < 4.78 is 2.10. The third-order valence-electron chi connectivity index (χ3n) is 6.00. The van der Waals surface area contributed by atoms with Crippen molar-refractivity contribution in [3.8, 4) is 0 Å². The molecule has 0 aromatic carbocycles. The standard InChI is InChI=1S/C21H27N7OS/c29-19(26-9-2-1-3-10-26)18-17(28-14-15-30-21(28)24-18)16-25-8-5-11-27(13-12-25)20-22-6-4-7-23-20/h4,6-7,14-15H,1-3,5,8-13,16H2. The van der Waals surface area contributed by atoms with Gasteiger partial charge in [-0.3, -0.25) is 14.1 Å². The molecule has 5 rings (SSSR count). The van der Waals surface area contributed by atoms with Crippen molar-refractivity contribution in [2.75, 3.05) is 44.2 Å². The van der Waals surface area contributed by atoms with Gasteiger partial charge in [0.05, 0.1) is 5.69 Å². The van der Waals surface area contributed by atoms with Gasteiger partial charge < -0.3 is 9.80 Å². The molecule has 0 N–H and O–H groups in total. The molecular formula is C21H27N7OS. The summed E-state index contributed by atoms with van der Waals surface area (Å²) in [7, 11) is 0. The Bertz CT molecular complexity index is 995. The molecule has 0 spiro atoms. The number of aromatic nitrogens is 4. The van der Waals surface area contributed by atoms with E-state index in [2.05, 4.69) is 24.2 Å². The van der Waals surface area contributed by atoms with Gasteiger partial charge in [0.15, 0.2) is 10.7 Å². The molecule has 158 valence electrons. The van der Waals surface area contributed by atoms with E-state index in [1.807, 2.05) is 22.5 Å². The first kappa shape index (κ1) is 19.4. The summed E-state index contributed by atoms with van der Waals surface area (Å²) in [6, 6.07) is 1.85. The molecule has 0 atom stereocenters. The number of carbonyl (C=O) groups is 1. The van der Waals surface area contributed by atoms with E-state index < -0.39 is 0 Å². The topological polar surface area (TPSA) is 69.9 Å².